The number of ether oxygens (including phenoxy) is 1. The number of benzene rings is 1. The molecule has 0 spiro atoms. The molecule has 0 radical (unpaired) electrons. The van der Waals surface area contributed by atoms with E-state index in [1.165, 1.54) is 0 Å². The molecule has 1 atom stereocenters. The average Bonchev–Trinajstić information content (AvgIpc) is 2.77. The van der Waals surface area contributed by atoms with Crippen LogP contribution in [0.1, 0.15) is 23.2 Å². The third kappa shape index (κ3) is 2.88. The smallest absolute Gasteiger partial charge is 0.132 e. The van der Waals surface area contributed by atoms with Gasteiger partial charge in [-0.2, -0.15) is 0 Å². The largest absolute Gasteiger partial charge is 0.497 e. The minimum Gasteiger partial charge on any atom is -0.497 e. The molecule has 0 bridgehead atoms. The Balaban J connectivity index is 2.04. The highest BCUT2D eigenvalue weighted by molar-refractivity contribution is 5.28. The third-order valence-corrected chi connectivity index (χ3v) is 2.68. The zero-order valence-corrected chi connectivity index (χ0v) is 10.0. The van der Waals surface area contributed by atoms with Crippen LogP contribution in [-0.4, -0.2) is 12.2 Å². The van der Waals surface area contributed by atoms with Crippen LogP contribution >= 0.6 is 0 Å². The van der Waals surface area contributed by atoms with Gasteiger partial charge in [0.25, 0.3) is 0 Å². The number of hydrogen-bond donors (Lipinski definition) is 1. The molecule has 3 heteroatoms. The zero-order valence-electron chi connectivity index (χ0n) is 10.0. The van der Waals surface area contributed by atoms with Crippen LogP contribution in [0.4, 0.5) is 0 Å². The molecule has 2 aromatic rings. The fourth-order valence-electron chi connectivity index (χ4n) is 1.72. The lowest BCUT2D eigenvalue weighted by Gasteiger charge is -2.08. The number of rotatable bonds is 4. The summed E-state index contributed by atoms with van der Waals surface area (Å²) in [6, 6.07) is 11.3. The topological polar surface area (TPSA) is 42.6 Å². The highest BCUT2D eigenvalue weighted by atomic mass is 16.5. The number of aliphatic hydroxyl groups excluding tert-OH is 1. The van der Waals surface area contributed by atoms with E-state index in [0.29, 0.717) is 12.2 Å². The first-order chi connectivity index (χ1) is 8.19. The van der Waals surface area contributed by atoms with E-state index in [1.807, 2.05) is 43.3 Å². The van der Waals surface area contributed by atoms with Gasteiger partial charge >= 0.3 is 0 Å². The maximum atomic E-state index is 9.99. The average molecular weight is 232 g/mol. The Hall–Kier alpha value is -1.74. The summed E-state index contributed by atoms with van der Waals surface area (Å²) in [5.74, 6) is 2.24. The van der Waals surface area contributed by atoms with Gasteiger partial charge in [-0.05, 0) is 36.8 Å². The van der Waals surface area contributed by atoms with Crippen LogP contribution in [-0.2, 0) is 6.42 Å². The highest BCUT2D eigenvalue weighted by Crippen LogP contribution is 2.21. The first-order valence-corrected chi connectivity index (χ1v) is 5.56. The van der Waals surface area contributed by atoms with Gasteiger partial charge in [-0.3, -0.25) is 0 Å². The van der Waals surface area contributed by atoms with Crippen LogP contribution in [0.5, 0.6) is 5.75 Å². The molecule has 1 unspecified atom stereocenters. The summed E-state index contributed by atoms with van der Waals surface area (Å²) >= 11 is 0. The Morgan fingerprint density at radius 2 is 1.88 bits per heavy atom. The highest BCUT2D eigenvalue weighted by Gasteiger charge is 2.12. The molecule has 1 N–H and O–H groups in total. The van der Waals surface area contributed by atoms with E-state index in [0.717, 1.165) is 17.1 Å². The molecule has 1 aromatic heterocycles. The SMILES string of the molecule is COc1ccc(CC(O)c2ccc(C)o2)cc1. The molecule has 0 fully saturated rings. The van der Waals surface area contributed by atoms with Gasteiger partial charge in [0, 0.05) is 6.42 Å². The van der Waals surface area contributed by atoms with E-state index >= 15 is 0 Å². The van der Waals surface area contributed by atoms with E-state index in [4.69, 9.17) is 9.15 Å². The monoisotopic (exact) mass is 232 g/mol. The Labute approximate surface area is 101 Å². The van der Waals surface area contributed by atoms with Crippen LogP contribution in [0, 0.1) is 6.92 Å². The van der Waals surface area contributed by atoms with Crippen LogP contribution < -0.4 is 4.74 Å². The van der Waals surface area contributed by atoms with Crippen LogP contribution in [0.3, 0.4) is 0 Å². The van der Waals surface area contributed by atoms with Gasteiger partial charge in [-0.15, -0.1) is 0 Å². The Bertz CT molecular complexity index is 470. The Morgan fingerprint density at radius 1 is 1.18 bits per heavy atom. The molecule has 1 heterocycles. The molecule has 2 rings (SSSR count). The summed E-state index contributed by atoms with van der Waals surface area (Å²) in [4.78, 5) is 0. The fourth-order valence-corrected chi connectivity index (χ4v) is 1.72. The van der Waals surface area contributed by atoms with Crippen molar-refractivity contribution in [3.63, 3.8) is 0 Å². The predicted octanol–water partition coefficient (Wildman–Crippen LogP) is 2.87. The van der Waals surface area contributed by atoms with E-state index in [9.17, 15) is 5.11 Å². The standard InChI is InChI=1S/C14H16O3/c1-10-3-8-14(17-10)13(15)9-11-4-6-12(16-2)7-5-11/h3-8,13,15H,9H2,1-2H3. The normalized spacial score (nSPS) is 12.4. The maximum Gasteiger partial charge on any atom is 0.132 e. The molecule has 90 valence electrons. The summed E-state index contributed by atoms with van der Waals surface area (Å²) in [6.45, 7) is 1.86. The summed E-state index contributed by atoms with van der Waals surface area (Å²) in [5.41, 5.74) is 1.05. The van der Waals surface area contributed by atoms with Crippen molar-refractivity contribution < 1.29 is 14.3 Å². The number of methoxy groups -OCH3 is 1. The van der Waals surface area contributed by atoms with Crippen LogP contribution in [0.2, 0.25) is 0 Å². The molecule has 3 nitrogen and oxygen atoms in total. The quantitative estimate of drug-likeness (QED) is 0.881. The molecule has 0 saturated heterocycles. The maximum absolute atomic E-state index is 9.99. The van der Waals surface area contributed by atoms with Crippen molar-refractivity contribution in [3.05, 3.63) is 53.5 Å². The minimum absolute atomic E-state index is 0.539. The van der Waals surface area contributed by atoms with E-state index < -0.39 is 6.10 Å². The summed E-state index contributed by atoms with van der Waals surface area (Å²) < 4.78 is 10.5. The van der Waals surface area contributed by atoms with E-state index in [2.05, 4.69) is 0 Å². The van der Waals surface area contributed by atoms with Crippen molar-refractivity contribution in [2.24, 2.45) is 0 Å². The van der Waals surface area contributed by atoms with Crippen molar-refractivity contribution in [3.8, 4) is 5.75 Å². The van der Waals surface area contributed by atoms with Gasteiger partial charge in [0.15, 0.2) is 0 Å². The molecule has 0 aliphatic rings. The zero-order chi connectivity index (χ0) is 12.3. The van der Waals surface area contributed by atoms with Crippen molar-refractivity contribution in [1.29, 1.82) is 0 Å². The van der Waals surface area contributed by atoms with Crippen molar-refractivity contribution >= 4 is 0 Å². The van der Waals surface area contributed by atoms with E-state index in [1.54, 1.807) is 7.11 Å². The molecule has 0 amide bonds. The molecule has 17 heavy (non-hydrogen) atoms. The van der Waals surface area contributed by atoms with Gasteiger partial charge in [-0.25, -0.2) is 0 Å². The number of aliphatic hydroxyl groups is 1. The molecular weight excluding hydrogens is 216 g/mol. The van der Waals surface area contributed by atoms with E-state index in [-0.39, 0.29) is 0 Å². The fraction of sp³-hybridized carbons (Fsp3) is 0.286. The first-order valence-electron chi connectivity index (χ1n) is 5.56. The summed E-state index contributed by atoms with van der Waals surface area (Å²) in [7, 11) is 1.63. The number of aryl methyl sites for hydroxylation is 1. The minimum atomic E-state index is -0.600. The van der Waals surface area contributed by atoms with Crippen LogP contribution in [0.25, 0.3) is 0 Å². The van der Waals surface area contributed by atoms with Crippen molar-refractivity contribution in [1.82, 2.24) is 0 Å². The van der Waals surface area contributed by atoms with Crippen LogP contribution in [0.15, 0.2) is 40.8 Å². The van der Waals surface area contributed by atoms with Gasteiger partial charge in [0.2, 0.25) is 0 Å². The van der Waals surface area contributed by atoms with Gasteiger partial charge in [0.1, 0.15) is 23.4 Å². The second-order valence-electron chi connectivity index (χ2n) is 4.02. The Morgan fingerprint density at radius 3 is 2.41 bits per heavy atom. The molecule has 0 aliphatic carbocycles. The molecular formula is C14H16O3. The lowest BCUT2D eigenvalue weighted by atomic mass is 10.1. The summed E-state index contributed by atoms with van der Waals surface area (Å²) in [5, 5.41) is 9.99. The number of furan rings is 1. The van der Waals surface area contributed by atoms with Gasteiger partial charge in [0.05, 0.1) is 7.11 Å². The predicted molar refractivity (Wildman–Crippen MR) is 65.1 cm³/mol. The first kappa shape index (κ1) is 11.7. The lowest BCUT2D eigenvalue weighted by molar-refractivity contribution is 0.149. The molecule has 0 saturated carbocycles. The molecule has 1 aromatic carbocycles. The number of hydrogen-bond acceptors (Lipinski definition) is 3. The lowest BCUT2D eigenvalue weighted by Crippen LogP contribution is -2.00. The second-order valence-corrected chi connectivity index (χ2v) is 4.02. The van der Waals surface area contributed by atoms with Gasteiger partial charge < -0.3 is 14.3 Å². The Kier molecular flexibility index (Phi) is 3.49. The molecule has 0 aliphatic heterocycles. The second kappa shape index (κ2) is 5.06. The van der Waals surface area contributed by atoms with Crippen molar-refractivity contribution in [2.45, 2.75) is 19.4 Å². The van der Waals surface area contributed by atoms with Crippen molar-refractivity contribution in [2.75, 3.05) is 7.11 Å². The third-order valence-electron chi connectivity index (χ3n) is 2.68. The van der Waals surface area contributed by atoms with Gasteiger partial charge in [-0.1, -0.05) is 12.1 Å². The summed E-state index contributed by atoms with van der Waals surface area (Å²) in [6.07, 6.45) is -0.0613.